The highest BCUT2D eigenvalue weighted by atomic mass is 16.2. The van der Waals surface area contributed by atoms with Gasteiger partial charge in [-0.15, -0.1) is 0 Å². The summed E-state index contributed by atoms with van der Waals surface area (Å²) in [5.41, 5.74) is 0. The van der Waals surface area contributed by atoms with E-state index < -0.39 is 0 Å². The van der Waals surface area contributed by atoms with E-state index in [1.54, 1.807) is 6.20 Å². The number of anilines is 1. The van der Waals surface area contributed by atoms with Crippen LogP contribution in [0.3, 0.4) is 0 Å². The van der Waals surface area contributed by atoms with Crippen LogP contribution in [0.25, 0.3) is 0 Å². The van der Waals surface area contributed by atoms with E-state index in [1.807, 2.05) is 18.2 Å². The Morgan fingerprint density at radius 3 is 3.00 bits per heavy atom. The van der Waals surface area contributed by atoms with Crippen LogP contribution in [-0.2, 0) is 4.79 Å². The fourth-order valence-electron chi connectivity index (χ4n) is 3.17. The van der Waals surface area contributed by atoms with Gasteiger partial charge in [0.05, 0.1) is 6.04 Å². The van der Waals surface area contributed by atoms with Crippen LogP contribution in [0.4, 0.5) is 5.82 Å². The summed E-state index contributed by atoms with van der Waals surface area (Å²) >= 11 is 0. The van der Waals surface area contributed by atoms with E-state index in [9.17, 15) is 4.79 Å². The summed E-state index contributed by atoms with van der Waals surface area (Å²) in [4.78, 5) is 16.3. The summed E-state index contributed by atoms with van der Waals surface area (Å²) in [5.74, 6) is 1.39. The quantitative estimate of drug-likeness (QED) is 0.837. The molecule has 3 atom stereocenters. The van der Waals surface area contributed by atoms with Gasteiger partial charge in [0.25, 0.3) is 0 Å². The van der Waals surface area contributed by atoms with Crippen LogP contribution in [0.2, 0.25) is 0 Å². The number of hydrogen-bond donors (Lipinski definition) is 2. The lowest BCUT2D eigenvalue weighted by Crippen LogP contribution is -2.40. The average molecular weight is 245 g/mol. The molecule has 2 heterocycles. The van der Waals surface area contributed by atoms with Gasteiger partial charge in [-0.25, -0.2) is 4.98 Å². The molecule has 18 heavy (non-hydrogen) atoms. The second-order valence-electron chi connectivity index (χ2n) is 5.31. The van der Waals surface area contributed by atoms with Gasteiger partial charge < -0.3 is 10.6 Å². The monoisotopic (exact) mass is 245 g/mol. The minimum atomic E-state index is -0.0416. The number of aromatic nitrogens is 1. The van der Waals surface area contributed by atoms with Crippen molar-refractivity contribution < 1.29 is 4.79 Å². The van der Waals surface area contributed by atoms with Crippen LogP contribution < -0.4 is 10.6 Å². The zero-order chi connectivity index (χ0) is 12.4. The molecule has 1 amide bonds. The van der Waals surface area contributed by atoms with Gasteiger partial charge in [-0.1, -0.05) is 18.9 Å². The predicted molar refractivity (Wildman–Crippen MR) is 70.2 cm³/mol. The first-order chi connectivity index (χ1) is 8.83. The Kier molecular flexibility index (Phi) is 3.28. The maximum Gasteiger partial charge on any atom is 0.242 e. The number of fused-ring (bicyclic) bond motifs is 1. The van der Waals surface area contributed by atoms with Gasteiger partial charge in [0.1, 0.15) is 5.82 Å². The summed E-state index contributed by atoms with van der Waals surface area (Å²) in [6.45, 7) is 0. The fourth-order valence-corrected chi connectivity index (χ4v) is 3.17. The number of carbonyl (C=O) groups is 1. The topological polar surface area (TPSA) is 54.0 Å². The molecule has 4 heteroatoms. The first-order valence-corrected chi connectivity index (χ1v) is 6.81. The van der Waals surface area contributed by atoms with Crippen LogP contribution in [-0.4, -0.2) is 23.0 Å². The largest absolute Gasteiger partial charge is 0.309 e. The summed E-state index contributed by atoms with van der Waals surface area (Å²) in [5, 5.41) is 6.35. The Balaban J connectivity index is 1.60. The molecule has 3 rings (SSSR count). The Hall–Kier alpha value is -1.42. The number of pyridine rings is 1. The molecule has 96 valence electrons. The summed E-state index contributed by atoms with van der Waals surface area (Å²) < 4.78 is 0. The molecule has 3 unspecified atom stereocenters. The molecule has 2 fully saturated rings. The third-order valence-corrected chi connectivity index (χ3v) is 4.10. The molecule has 1 saturated carbocycles. The van der Waals surface area contributed by atoms with Crippen molar-refractivity contribution in [1.82, 2.24) is 10.3 Å². The highest BCUT2D eigenvalue weighted by molar-refractivity contribution is 5.94. The standard InChI is InChI=1S/C14H19N3O/c18-14(17-13-7-3-4-8-15-13)12-9-10-5-1-2-6-11(10)16-12/h3-4,7-8,10-12,16H,1-2,5-6,9H2,(H,15,17,18). The van der Waals surface area contributed by atoms with Gasteiger partial charge in [-0.2, -0.15) is 0 Å². The van der Waals surface area contributed by atoms with Crippen molar-refractivity contribution in [2.24, 2.45) is 5.92 Å². The Morgan fingerprint density at radius 1 is 1.33 bits per heavy atom. The van der Waals surface area contributed by atoms with Gasteiger partial charge in [0.2, 0.25) is 5.91 Å². The third kappa shape index (κ3) is 2.38. The first-order valence-electron chi connectivity index (χ1n) is 6.81. The lowest BCUT2D eigenvalue weighted by atomic mass is 9.85. The Bertz CT molecular complexity index is 406. The van der Waals surface area contributed by atoms with E-state index in [4.69, 9.17) is 0 Å². The van der Waals surface area contributed by atoms with Crippen molar-refractivity contribution >= 4 is 11.7 Å². The van der Waals surface area contributed by atoms with Gasteiger partial charge in [-0.3, -0.25) is 4.79 Å². The lowest BCUT2D eigenvalue weighted by Gasteiger charge is -2.24. The molecule has 1 aliphatic carbocycles. The van der Waals surface area contributed by atoms with E-state index in [-0.39, 0.29) is 11.9 Å². The third-order valence-electron chi connectivity index (χ3n) is 4.10. The second kappa shape index (κ2) is 5.06. The number of carbonyl (C=O) groups excluding carboxylic acids is 1. The zero-order valence-electron chi connectivity index (χ0n) is 10.4. The molecular formula is C14H19N3O. The van der Waals surface area contributed by atoms with Gasteiger partial charge >= 0.3 is 0 Å². The van der Waals surface area contributed by atoms with E-state index in [1.165, 1.54) is 25.7 Å². The van der Waals surface area contributed by atoms with Crippen LogP contribution in [0.15, 0.2) is 24.4 Å². The molecule has 2 aliphatic rings. The van der Waals surface area contributed by atoms with Gasteiger partial charge in [0.15, 0.2) is 0 Å². The molecule has 1 aromatic rings. The summed E-state index contributed by atoms with van der Waals surface area (Å²) in [6, 6.07) is 6.06. The number of hydrogen-bond acceptors (Lipinski definition) is 3. The maximum absolute atomic E-state index is 12.1. The minimum Gasteiger partial charge on any atom is -0.309 e. The number of nitrogens with zero attached hydrogens (tertiary/aromatic N) is 1. The van der Waals surface area contributed by atoms with Gasteiger partial charge in [0, 0.05) is 12.2 Å². The van der Waals surface area contributed by atoms with E-state index in [0.29, 0.717) is 17.8 Å². The van der Waals surface area contributed by atoms with Crippen molar-refractivity contribution in [2.75, 3.05) is 5.32 Å². The SMILES string of the molecule is O=C(Nc1ccccn1)C1CC2CCCCC2N1. The normalized spacial score (nSPS) is 30.8. The zero-order valence-corrected chi connectivity index (χ0v) is 10.4. The Morgan fingerprint density at radius 2 is 2.22 bits per heavy atom. The number of nitrogens with one attached hydrogen (secondary N) is 2. The second-order valence-corrected chi connectivity index (χ2v) is 5.31. The molecule has 0 bridgehead atoms. The van der Waals surface area contributed by atoms with Crippen LogP contribution in [0.1, 0.15) is 32.1 Å². The molecule has 1 saturated heterocycles. The summed E-state index contributed by atoms with van der Waals surface area (Å²) in [6.07, 6.45) is 7.77. The Labute approximate surface area is 107 Å². The molecule has 0 spiro atoms. The van der Waals surface area contributed by atoms with Crippen LogP contribution >= 0.6 is 0 Å². The number of rotatable bonds is 2. The molecule has 2 N–H and O–H groups in total. The average Bonchev–Trinajstić information content (AvgIpc) is 2.84. The maximum atomic E-state index is 12.1. The van der Waals surface area contributed by atoms with Gasteiger partial charge in [-0.05, 0) is 37.3 Å². The minimum absolute atomic E-state index is 0.0416. The van der Waals surface area contributed by atoms with Crippen LogP contribution in [0.5, 0.6) is 0 Å². The van der Waals surface area contributed by atoms with E-state index in [2.05, 4.69) is 15.6 Å². The highest BCUT2D eigenvalue weighted by Gasteiger charge is 2.38. The first kappa shape index (κ1) is 11.7. The van der Waals surface area contributed by atoms with Crippen LogP contribution in [0, 0.1) is 5.92 Å². The predicted octanol–water partition coefficient (Wildman–Crippen LogP) is 1.94. The van der Waals surface area contributed by atoms with Crippen molar-refractivity contribution in [3.05, 3.63) is 24.4 Å². The van der Waals surface area contributed by atoms with E-state index >= 15 is 0 Å². The van der Waals surface area contributed by atoms with Crippen molar-refractivity contribution in [2.45, 2.75) is 44.2 Å². The molecule has 4 nitrogen and oxygen atoms in total. The van der Waals surface area contributed by atoms with Crippen molar-refractivity contribution in [3.8, 4) is 0 Å². The van der Waals surface area contributed by atoms with Crippen molar-refractivity contribution in [1.29, 1.82) is 0 Å². The molecular weight excluding hydrogens is 226 g/mol. The molecule has 1 aromatic heterocycles. The highest BCUT2D eigenvalue weighted by Crippen LogP contribution is 2.33. The fraction of sp³-hybridized carbons (Fsp3) is 0.571. The van der Waals surface area contributed by atoms with E-state index in [0.717, 1.165) is 6.42 Å². The molecule has 0 radical (unpaired) electrons. The lowest BCUT2D eigenvalue weighted by molar-refractivity contribution is -0.117. The molecule has 1 aliphatic heterocycles. The number of amides is 1. The summed E-state index contributed by atoms with van der Waals surface area (Å²) in [7, 11) is 0. The molecule has 0 aromatic carbocycles. The smallest absolute Gasteiger partial charge is 0.242 e. The van der Waals surface area contributed by atoms with Crippen molar-refractivity contribution in [3.63, 3.8) is 0 Å².